The normalized spacial score (nSPS) is 13.6. The van der Waals surface area contributed by atoms with Gasteiger partial charge in [-0.2, -0.15) is 0 Å². The zero-order chi connectivity index (χ0) is 45.2. The molecular formula is C44H56F2N6O9S. The molecule has 0 aliphatic carbocycles. The minimum absolute atomic E-state index is 0.00342. The summed E-state index contributed by atoms with van der Waals surface area (Å²) in [5.41, 5.74) is 7.55. The van der Waals surface area contributed by atoms with Crippen molar-refractivity contribution in [3.63, 3.8) is 0 Å². The van der Waals surface area contributed by atoms with E-state index in [1.54, 1.807) is 17.2 Å². The highest BCUT2D eigenvalue weighted by atomic mass is 32.2. The lowest BCUT2D eigenvalue weighted by molar-refractivity contribution is -0.141. The van der Waals surface area contributed by atoms with Crippen LogP contribution < -0.4 is 16.4 Å². The average Bonchev–Trinajstić information content (AvgIpc) is 3.78. The van der Waals surface area contributed by atoms with Crippen LogP contribution in [0.4, 0.5) is 8.78 Å². The van der Waals surface area contributed by atoms with E-state index in [0.717, 1.165) is 52.6 Å². The van der Waals surface area contributed by atoms with Gasteiger partial charge in [0.2, 0.25) is 17.7 Å². The number of nitrogens with zero attached hydrogens (tertiary/aromatic N) is 3. The van der Waals surface area contributed by atoms with Crippen LogP contribution in [0.15, 0.2) is 72.9 Å². The number of imide groups is 1. The summed E-state index contributed by atoms with van der Waals surface area (Å²) in [6, 6.07) is 12.8. The molecule has 0 saturated heterocycles. The summed E-state index contributed by atoms with van der Waals surface area (Å²) >= 11 is 1.07. The summed E-state index contributed by atoms with van der Waals surface area (Å²) in [4.78, 5) is 76.7. The second-order valence-electron chi connectivity index (χ2n) is 15.6. The molecule has 15 nitrogen and oxygen atoms in total. The predicted octanol–water partition coefficient (Wildman–Crippen LogP) is 3.90. The number of hydrogen-bond donors (Lipinski definition) is 4. The Morgan fingerprint density at radius 1 is 0.919 bits per heavy atom. The van der Waals surface area contributed by atoms with Crippen molar-refractivity contribution in [1.82, 2.24) is 25.0 Å². The molecule has 1 aromatic heterocycles. The van der Waals surface area contributed by atoms with Crippen molar-refractivity contribution < 1.29 is 52.1 Å². The topological polar surface area (TPSA) is 203 Å². The fraction of sp³-hybridized carbons (Fsp3) is 0.455. The van der Waals surface area contributed by atoms with Crippen molar-refractivity contribution in [3.8, 4) is 11.1 Å². The van der Waals surface area contributed by atoms with Crippen molar-refractivity contribution in [2.45, 2.75) is 58.7 Å². The Morgan fingerprint density at radius 3 is 2.27 bits per heavy atom. The molecule has 18 heteroatoms. The molecule has 1 aliphatic rings. The third kappa shape index (κ3) is 15.2. The lowest BCUT2D eigenvalue weighted by atomic mass is 9.83. The number of nitrogens with one attached hydrogen (secondary N) is 2. The van der Waals surface area contributed by atoms with Crippen molar-refractivity contribution in [2.75, 3.05) is 64.1 Å². The summed E-state index contributed by atoms with van der Waals surface area (Å²) in [5.74, 6) is -4.72. The molecule has 4 rings (SSSR count). The van der Waals surface area contributed by atoms with Gasteiger partial charge in [-0.25, -0.2) is 13.6 Å². The Morgan fingerprint density at radius 2 is 1.61 bits per heavy atom. The molecule has 2 atom stereocenters. The van der Waals surface area contributed by atoms with Crippen molar-refractivity contribution in [2.24, 2.45) is 11.1 Å². The van der Waals surface area contributed by atoms with Gasteiger partial charge in [0.05, 0.1) is 38.2 Å². The van der Waals surface area contributed by atoms with Gasteiger partial charge >= 0.3 is 5.97 Å². The second kappa shape index (κ2) is 24.3. The molecule has 0 spiro atoms. The van der Waals surface area contributed by atoms with Gasteiger partial charge < -0.3 is 40.4 Å². The first-order valence-electron chi connectivity index (χ1n) is 20.3. The molecule has 0 radical (unpaired) electrons. The van der Waals surface area contributed by atoms with E-state index in [1.807, 2.05) is 55.7 Å². The van der Waals surface area contributed by atoms with E-state index < -0.39 is 52.8 Å². The zero-order valence-electron chi connectivity index (χ0n) is 35.3. The zero-order valence-corrected chi connectivity index (χ0v) is 36.1. The number of hydrogen-bond acceptors (Lipinski definition) is 10. The van der Waals surface area contributed by atoms with Gasteiger partial charge in [-0.1, -0.05) is 51.1 Å². The third-order valence-electron chi connectivity index (χ3n) is 9.72. The fourth-order valence-electron chi connectivity index (χ4n) is 6.76. The first-order chi connectivity index (χ1) is 29.6. The van der Waals surface area contributed by atoms with Crippen LogP contribution in [-0.2, 0) is 44.8 Å². The molecule has 0 bridgehead atoms. The largest absolute Gasteiger partial charge is 0.480 e. The molecule has 0 unspecified atom stereocenters. The number of carbonyl (C=O) groups excluding carboxylic acids is 5. The van der Waals surface area contributed by atoms with Crippen LogP contribution in [0.25, 0.3) is 11.1 Å². The van der Waals surface area contributed by atoms with Crippen LogP contribution in [0.5, 0.6) is 0 Å². The maximum atomic E-state index is 15.1. The van der Waals surface area contributed by atoms with Gasteiger partial charge in [-0.3, -0.25) is 28.9 Å². The maximum Gasteiger partial charge on any atom is 0.327 e. The maximum absolute atomic E-state index is 15.1. The van der Waals surface area contributed by atoms with Crippen molar-refractivity contribution in [3.05, 3.63) is 95.8 Å². The SMILES string of the molecule is CC(C)(C)[C@H](c1cc(-c2cc(F)ccc2F)cn1Cc1ccccc1)N(CCCN)C(=O)CSC[C@H](NC(=O)CCOCCOCCNC(=O)CCN1C(=O)C=CC1=O)C(=O)O. The molecule has 1 aliphatic heterocycles. The third-order valence-corrected chi connectivity index (χ3v) is 10.7. The van der Waals surface area contributed by atoms with E-state index in [4.69, 9.17) is 15.2 Å². The highest BCUT2D eigenvalue weighted by molar-refractivity contribution is 8.00. The molecule has 62 heavy (non-hydrogen) atoms. The smallest absolute Gasteiger partial charge is 0.327 e. The second-order valence-corrected chi connectivity index (χ2v) is 16.6. The standard InChI is InChI=1S/C44H56F2N6O9S/c1-44(2,3)42(36-24-31(33-25-32(45)10-11-34(33)46)27-50(36)26-30-8-5-4-6-9-30)52(18-7-16-47)41(57)29-62-28-35(43(58)59)49-38(54)15-20-60-22-23-61-21-17-48-37(53)14-19-51-39(55)12-13-40(51)56/h4-6,8-13,24-25,27,35,42H,7,14-23,26,28-29,47H2,1-3H3,(H,48,53)(H,49,54)(H,58,59)/t35-,42-/m0/s1. The number of amides is 5. The fourth-order valence-corrected chi connectivity index (χ4v) is 7.68. The van der Waals surface area contributed by atoms with Gasteiger partial charge in [0.15, 0.2) is 0 Å². The number of rotatable bonds is 26. The van der Waals surface area contributed by atoms with Gasteiger partial charge in [-0.05, 0) is 48.2 Å². The monoisotopic (exact) mass is 882 g/mol. The number of aromatic nitrogens is 1. The number of nitrogens with two attached hydrogens (primary N) is 1. The predicted molar refractivity (Wildman–Crippen MR) is 230 cm³/mol. The van der Waals surface area contributed by atoms with Gasteiger partial charge in [0.25, 0.3) is 11.8 Å². The highest BCUT2D eigenvalue weighted by Crippen LogP contribution is 2.41. The van der Waals surface area contributed by atoms with Gasteiger partial charge in [0, 0.05) is 79.9 Å². The Kier molecular flexibility index (Phi) is 19.3. The summed E-state index contributed by atoms with van der Waals surface area (Å²) in [6.45, 7) is 7.61. The Balaban J connectivity index is 1.29. The molecule has 5 amide bonds. The Bertz CT molecular complexity index is 2020. The number of carbonyl (C=O) groups is 6. The number of thioether (sulfide) groups is 1. The van der Waals surface area contributed by atoms with Crippen LogP contribution in [0, 0.1) is 17.0 Å². The number of ether oxygens (including phenoxy) is 2. The average molecular weight is 883 g/mol. The minimum atomic E-state index is -1.28. The van der Waals surface area contributed by atoms with Crippen LogP contribution >= 0.6 is 11.8 Å². The summed E-state index contributed by atoms with van der Waals surface area (Å²) in [6.07, 6.45) is 4.39. The van der Waals surface area contributed by atoms with E-state index in [1.165, 1.54) is 0 Å². The number of carboxylic acid groups (broad SMARTS) is 1. The van der Waals surface area contributed by atoms with E-state index in [9.17, 15) is 38.3 Å². The van der Waals surface area contributed by atoms with Gasteiger partial charge in [0.1, 0.15) is 17.7 Å². The van der Waals surface area contributed by atoms with Crippen LogP contribution in [0.1, 0.15) is 57.3 Å². The van der Waals surface area contributed by atoms with E-state index in [0.29, 0.717) is 30.8 Å². The molecule has 5 N–H and O–H groups in total. The molecule has 2 heterocycles. The Hall–Kier alpha value is -5.43. The molecule has 2 aromatic carbocycles. The highest BCUT2D eigenvalue weighted by Gasteiger charge is 2.37. The number of benzene rings is 2. The van der Waals surface area contributed by atoms with Crippen LogP contribution in [0.3, 0.4) is 0 Å². The molecular weight excluding hydrogens is 827 g/mol. The van der Waals surface area contributed by atoms with Gasteiger partial charge in [-0.15, -0.1) is 11.8 Å². The van der Waals surface area contributed by atoms with E-state index in [-0.39, 0.29) is 87.8 Å². The van der Waals surface area contributed by atoms with Crippen molar-refractivity contribution >= 4 is 47.3 Å². The molecule has 3 aromatic rings. The first kappa shape index (κ1) is 49.2. The van der Waals surface area contributed by atoms with Crippen LogP contribution in [0.2, 0.25) is 0 Å². The number of aliphatic carboxylic acids is 1. The van der Waals surface area contributed by atoms with Crippen molar-refractivity contribution in [1.29, 1.82) is 0 Å². The number of carboxylic acids is 1. The number of halogens is 2. The molecule has 0 fully saturated rings. The molecule has 0 saturated carbocycles. The lowest BCUT2D eigenvalue weighted by Crippen LogP contribution is -2.45. The van der Waals surface area contributed by atoms with E-state index >= 15 is 4.39 Å². The summed E-state index contributed by atoms with van der Waals surface area (Å²) in [7, 11) is 0. The Labute approximate surface area is 364 Å². The minimum Gasteiger partial charge on any atom is -0.480 e. The first-order valence-corrected chi connectivity index (χ1v) is 21.5. The van der Waals surface area contributed by atoms with Crippen LogP contribution in [-0.4, -0.2) is 125 Å². The summed E-state index contributed by atoms with van der Waals surface area (Å²) < 4.78 is 42.3. The quantitative estimate of drug-likeness (QED) is 0.0673. The lowest BCUT2D eigenvalue weighted by Gasteiger charge is -2.41. The molecule has 336 valence electrons. The van der Waals surface area contributed by atoms with E-state index in [2.05, 4.69) is 10.6 Å². The summed E-state index contributed by atoms with van der Waals surface area (Å²) in [5, 5.41) is 15.0.